The average Bonchev–Trinajstić information content (AvgIpc) is 3.38. The predicted molar refractivity (Wildman–Crippen MR) is 122 cm³/mol. The van der Waals surface area contributed by atoms with Gasteiger partial charge in [0.2, 0.25) is 0 Å². The number of piperidine rings is 1. The predicted octanol–water partition coefficient (Wildman–Crippen LogP) is 3.94. The second kappa shape index (κ2) is 6.89. The first kappa shape index (κ1) is 18.5. The molecule has 0 radical (unpaired) electrons. The van der Waals surface area contributed by atoms with Crippen molar-refractivity contribution in [1.29, 1.82) is 0 Å². The van der Waals surface area contributed by atoms with Gasteiger partial charge in [-0.2, -0.15) is 5.10 Å². The van der Waals surface area contributed by atoms with Gasteiger partial charge in [0.05, 0.1) is 17.6 Å². The van der Waals surface area contributed by atoms with Crippen LogP contribution in [0.15, 0.2) is 61.1 Å². The fourth-order valence-corrected chi connectivity index (χ4v) is 5.58. The Labute approximate surface area is 181 Å². The summed E-state index contributed by atoms with van der Waals surface area (Å²) in [6.45, 7) is 3.98. The third kappa shape index (κ3) is 2.78. The van der Waals surface area contributed by atoms with Crippen molar-refractivity contribution in [2.24, 2.45) is 11.1 Å². The number of nitrogens with zero attached hydrogens (tertiary/aromatic N) is 5. The lowest BCUT2D eigenvalue weighted by molar-refractivity contribution is 0.187. The van der Waals surface area contributed by atoms with Crippen molar-refractivity contribution in [2.75, 3.05) is 18.0 Å². The van der Waals surface area contributed by atoms with Gasteiger partial charge in [-0.1, -0.05) is 30.3 Å². The monoisotopic (exact) mass is 410 g/mol. The Kier molecular flexibility index (Phi) is 4.11. The van der Waals surface area contributed by atoms with Crippen molar-refractivity contribution in [3.8, 4) is 11.3 Å². The van der Waals surface area contributed by atoms with Crippen LogP contribution in [0.1, 0.15) is 35.7 Å². The molecule has 31 heavy (non-hydrogen) atoms. The van der Waals surface area contributed by atoms with Crippen LogP contribution in [0.2, 0.25) is 0 Å². The molecular weight excluding hydrogens is 384 g/mol. The van der Waals surface area contributed by atoms with Gasteiger partial charge >= 0.3 is 0 Å². The Hall–Kier alpha value is -3.25. The zero-order valence-corrected chi connectivity index (χ0v) is 17.7. The van der Waals surface area contributed by atoms with E-state index in [1.807, 2.05) is 29.2 Å². The largest absolute Gasteiger partial charge is 0.355 e. The van der Waals surface area contributed by atoms with Crippen molar-refractivity contribution in [2.45, 2.75) is 32.2 Å². The average molecular weight is 411 g/mol. The lowest BCUT2D eigenvalue weighted by Crippen LogP contribution is -2.44. The molecule has 1 atom stereocenters. The molecule has 1 unspecified atom stereocenters. The van der Waals surface area contributed by atoms with Gasteiger partial charge in [-0.15, -0.1) is 0 Å². The quantitative estimate of drug-likeness (QED) is 0.542. The Bertz CT molecular complexity index is 1250. The maximum atomic E-state index is 6.73. The topological polar surface area (TPSA) is 72.3 Å². The van der Waals surface area contributed by atoms with Crippen molar-refractivity contribution in [1.82, 2.24) is 19.6 Å². The summed E-state index contributed by atoms with van der Waals surface area (Å²) in [5.41, 5.74) is 13.7. The summed E-state index contributed by atoms with van der Waals surface area (Å²) in [5.74, 6) is 1.02. The molecule has 2 aliphatic rings. The lowest BCUT2D eigenvalue weighted by Gasteiger charge is -2.42. The molecule has 1 aliphatic heterocycles. The summed E-state index contributed by atoms with van der Waals surface area (Å²) in [7, 11) is 0. The summed E-state index contributed by atoms with van der Waals surface area (Å²) in [4.78, 5) is 11.8. The molecule has 6 rings (SSSR count). The van der Waals surface area contributed by atoms with Crippen molar-refractivity contribution in [3.05, 3.63) is 77.9 Å². The van der Waals surface area contributed by atoms with Crippen LogP contribution in [0.4, 0.5) is 5.82 Å². The fraction of sp³-hybridized carbons (Fsp3) is 0.320. The first-order valence-corrected chi connectivity index (χ1v) is 11.0. The Morgan fingerprint density at radius 1 is 1.03 bits per heavy atom. The standard InChI is InChI=1S/C25H26N6/c1-17-22(18-5-3-2-4-6-18)31-21(8-12-28-31)24(29-17)30-13-9-25(10-14-30)15-19-7-11-27-16-20(19)23(25)26/h2-8,11-12,16,23H,9-10,13-15,26H2,1H3. The number of benzene rings is 1. The van der Waals surface area contributed by atoms with E-state index in [9.17, 15) is 0 Å². The van der Waals surface area contributed by atoms with Gasteiger partial charge in [0.25, 0.3) is 0 Å². The van der Waals surface area contributed by atoms with Crippen LogP contribution in [-0.2, 0) is 6.42 Å². The molecule has 1 saturated heterocycles. The highest BCUT2D eigenvalue weighted by molar-refractivity contribution is 5.75. The van der Waals surface area contributed by atoms with Gasteiger partial charge in [0.1, 0.15) is 5.52 Å². The summed E-state index contributed by atoms with van der Waals surface area (Å²) < 4.78 is 2.04. The van der Waals surface area contributed by atoms with E-state index in [-0.39, 0.29) is 11.5 Å². The van der Waals surface area contributed by atoms with Crippen molar-refractivity contribution < 1.29 is 0 Å². The minimum absolute atomic E-state index is 0.0727. The molecule has 0 saturated carbocycles. The molecule has 4 heterocycles. The molecule has 156 valence electrons. The van der Waals surface area contributed by atoms with Gasteiger partial charge in [-0.25, -0.2) is 9.50 Å². The number of fused-ring (bicyclic) bond motifs is 2. The lowest BCUT2D eigenvalue weighted by atomic mass is 9.73. The highest BCUT2D eigenvalue weighted by atomic mass is 15.3. The van der Waals surface area contributed by atoms with Crippen LogP contribution in [0.3, 0.4) is 0 Å². The maximum Gasteiger partial charge on any atom is 0.155 e. The van der Waals surface area contributed by atoms with Gasteiger partial charge < -0.3 is 10.6 Å². The molecule has 1 spiro atoms. The van der Waals surface area contributed by atoms with E-state index in [1.165, 1.54) is 11.1 Å². The van der Waals surface area contributed by atoms with Gasteiger partial charge in [0, 0.05) is 37.1 Å². The van der Waals surface area contributed by atoms with Crippen molar-refractivity contribution in [3.63, 3.8) is 0 Å². The SMILES string of the molecule is Cc1nc(N2CCC3(CC2)Cc2ccncc2C3N)c2ccnn2c1-c1ccccc1. The second-order valence-electron chi connectivity index (χ2n) is 8.94. The zero-order chi connectivity index (χ0) is 21.0. The van der Waals surface area contributed by atoms with E-state index in [2.05, 4.69) is 58.3 Å². The molecule has 4 aromatic rings. The summed E-state index contributed by atoms with van der Waals surface area (Å²) in [6, 6.07) is 14.7. The van der Waals surface area contributed by atoms with Gasteiger partial charge in [0.15, 0.2) is 5.82 Å². The first-order valence-electron chi connectivity index (χ1n) is 11.0. The van der Waals surface area contributed by atoms with Gasteiger partial charge in [-0.3, -0.25) is 4.98 Å². The van der Waals surface area contributed by atoms with Crippen LogP contribution in [0.5, 0.6) is 0 Å². The number of hydrogen-bond acceptors (Lipinski definition) is 5. The molecule has 6 heteroatoms. The molecule has 1 aliphatic carbocycles. The summed E-state index contributed by atoms with van der Waals surface area (Å²) in [5, 5.41) is 4.64. The van der Waals surface area contributed by atoms with E-state index in [0.29, 0.717) is 0 Å². The Morgan fingerprint density at radius 2 is 1.84 bits per heavy atom. The van der Waals surface area contributed by atoms with E-state index in [4.69, 9.17) is 10.7 Å². The van der Waals surface area contributed by atoms with Gasteiger partial charge in [-0.05, 0) is 54.9 Å². The van der Waals surface area contributed by atoms with E-state index >= 15 is 0 Å². The Balaban J connectivity index is 1.33. The number of rotatable bonds is 2. The highest BCUT2D eigenvalue weighted by Crippen LogP contribution is 2.50. The van der Waals surface area contributed by atoms with Crippen LogP contribution in [0, 0.1) is 12.3 Å². The molecule has 2 N–H and O–H groups in total. The van der Waals surface area contributed by atoms with E-state index < -0.39 is 0 Å². The van der Waals surface area contributed by atoms with Crippen LogP contribution in [0.25, 0.3) is 16.8 Å². The fourth-order valence-electron chi connectivity index (χ4n) is 5.58. The summed E-state index contributed by atoms with van der Waals surface area (Å²) >= 11 is 0. The van der Waals surface area contributed by atoms with Crippen molar-refractivity contribution >= 4 is 11.3 Å². The number of aromatic nitrogens is 4. The Morgan fingerprint density at radius 3 is 2.61 bits per heavy atom. The summed E-state index contributed by atoms with van der Waals surface area (Å²) in [6.07, 6.45) is 8.89. The third-order valence-electron chi connectivity index (χ3n) is 7.29. The number of aryl methyl sites for hydroxylation is 1. The smallest absolute Gasteiger partial charge is 0.155 e. The zero-order valence-electron chi connectivity index (χ0n) is 17.7. The molecule has 0 bridgehead atoms. The van der Waals surface area contributed by atoms with E-state index in [1.54, 1.807) is 0 Å². The van der Waals surface area contributed by atoms with E-state index in [0.717, 1.165) is 60.6 Å². The van der Waals surface area contributed by atoms with Crippen LogP contribution < -0.4 is 10.6 Å². The minimum atomic E-state index is 0.0727. The highest BCUT2D eigenvalue weighted by Gasteiger charge is 2.46. The third-order valence-corrected chi connectivity index (χ3v) is 7.29. The van der Waals surface area contributed by atoms with Crippen LogP contribution >= 0.6 is 0 Å². The number of anilines is 1. The second-order valence-corrected chi connectivity index (χ2v) is 8.94. The molecule has 6 nitrogen and oxygen atoms in total. The number of hydrogen-bond donors (Lipinski definition) is 1. The number of nitrogens with two attached hydrogens (primary N) is 1. The van der Waals surface area contributed by atoms with Crippen LogP contribution in [-0.4, -0.2) is 32.7 Å². The first-order chi connectivity index (χ1) is 15.2. The molecule has 0 amide bonds. The minimum Gasteiger partial charge on any atom is -0.355 e. The molecular formula is C25H26N6. The maximum absolute atomic E-state index is 6.73. The molecule has 3 aromatic heterocycles. The normalized spacial score (nSPS) is 19.8. The number of pyridine rings is 1. The molecule has 1 fully saturated rings. The molecule has 1 aromatic carbocycles.